The number of carbonyl (C=O) groups is 2. The largest absolute Gasteiger partial charge is 0.309 e. The number of amides is 1. The summed E-state index contributed by atoms with van der Waals surface area (Å²) in [7, 11) is 0. The van der Waals surface area contributed by atoms with Gasteiger partial charge in [-0.15, -0.1) is 11.6 Å². The normalized spacial score (nSPS) is 15.1. The van der Waals surface area contributed by atoms with Crippen LogP contribution in [0.5, 0.6) is 0 Å². The van der Waals surface area contributed by atoms with Gasteiger partial charge in [-0.2, -0.15) is 0 Å². The second-order valence-corrected chi connectivity index (χ2v) is 7.09. The number of fused-ring (bicyclic) bond motifs is 1. The van der Waals surface area contributed by atoms with Crippen LogP contribution in [0.2, 0.25) is 0 Å². The fourth-order valence-electron chi connectivity index (χ4n) is 3.18. The highest BCUT2D eigenvalue weighted by Crippen LogP contribution is 2.40. The molecule has 6 heteroatoms. The van der Waals surface area contributed by atoms with Crippen LogP contribution in [0.4, 0.5) is 10.1 Å². The number of pyridine rings is 1. The predicted octanol–water partition coefficient (Wildman–Crippen LogP) is 3.49. The maximum Gasteiger partial charge on any atom is 0.241 e. The molecule has 0 unspecified atom stereocenters. The average Bonchev–Trinajstić information content (AvgIpc) is 2.86. The number of hydrogen-bond acceptors (Lipinski definition) is 3. The maximum atomic E-state index is 13.1. The molecule has 0 spiro atoms. The number of aldehydes is 1. The third-order valence-corrected chi connectivity index (χ3v) is 4.66. The molecule has 3 rings (SSSR count). The summed E-state index contributed by atoms with van der Waals surface area (Å²) in [5.74, 6) is -0.618. The summed E-state index contributed by atoms with van der Waals surface area (Å²) in [5.41, 5.74) is 2.96. The van der Waals surface area contributed by atoms with E-state index in [2.05, 4.69) is 4.98 Å². The molecule has 0 atom stereocenters. The standard InChI is InChI=1S/C19H18ClFN2O2/c1-19(2)11-23(17(25)9-20)16-8-13(15(10-24)22-18(16)19)7-12-3-5-14(21)6-4-12/h3-6,8,10H,7,9,11H2,1-2H3. The van der Waals surface area contributed by atoms with Gasteiger partial charge in [0.1, 0.15) is 17.4 Å². The quantitative estimate of drug-likeness (QED) is 0.619. The average molecular weight is 361 g/mol. The molecule has 130 valence electrons. The second kappa shape index (κ2) is 6.56. The van der Waals surface area contributed by atoms with Crippen LogP contribution in [0.25, 0.3) is 0 Å². The molecular weight excluding hydrogens is 343 g/mol. The first kappa shape index (κ1) is 17.5. The summed E-state index contributed by atoms with van der Waals surface area (Å²) in [6, 6.07) is 7.92. The summed E-state index contributed by atoms with van der Waals surface area (Å²) in [5, 5.41) is 0. The van der Waals surface area contributed by atoms with Crippen molar-refractivity contribution in [2.75, 3.05) is 17.3 Å². The van der Waals surface area contributed by atoms with E-state index in [0.717, 1.165) is 17.5 Å². The number of nitrogens with zero attached hydrogens (tertiary/aromatic N) is 2. The van der Waals surface area contributed by atoms with Crippen molar-refractivity contribution in [3.8, 4) is 0 Å². The van der Waals surface area contributed by atoms with Gasteiger partial charge in [-0.1, -0.05) is 26.0 Å². The minimum absolute atomic E-state index is 0.113. The third kappa shape index (κ3) is 3.29. The molecular formula is C19H18ClFN2O2. The fraction of sp³-hybridized carbons (Fsp3) is 0.316. The summed E-state index contributed by atoms with van der Waals surface area (Å²) in [6.07, 6.45) is 1.15. The Kier molecular flexibility index (Phi) is 4.60. The van der Waals surface area contributed by atoms with E-state index in [0.29, 0.717) is 29.9 Å². The van der Waals surface area contributed by atoms with E-state index in [1.807, 2.05) is 19.9 Å². The topological polar surface area (TPSA) is 50.3 Å². The van der Waals surface area contributed by atoms with E-state index >= 15 is 0 Å². The number of benzene rings is 1. The monoisotopic (exact) mass is 360 g/mol. The van der Waals surface area contributed by atoms with Gasteiger partial charge in [-0.05, 0) is 35.7 Å². The highest BCUT2D eigenvalue weighted by molar-refractivity contribution is 6.29. The van der Waals surface area contributed by atoms with Crippen LogP contribution in [0.1, 0.15) is 41.2 Å². The SMILES string of the molecule is CC1(C)CN(C(=O)CCl)c2cc(Cc3ccc(F)cc3)c(C=O)nc21. The van der Waals surface area contributed by atoms with Gasteiger partial charge in [0, 0.05) is 12.0 Å². The van der Waals surface area contributed by atoms with E-state index in [-0.39, 0.29) is 23.0 Å². The van der Waals surface area contributed by atoms with Crippen molar-refractivity contribution < 1.29 is 14.0 Å². The van der Waals surface area contributed by atoms with Crippen molar-refractivity contribution in [2.45, 2.75) is 25.7 Å². The fourth-order valence-corrected chi connectivity index (χ4v) is 3.32. The Labute approximate surface area is 150 Å². The molecule has 1 amide bonds. The van der Waals surface area contributed by atoms with Gasteiger partial charge < -0.3 is 4.90 Å². The number of carbonyl (C=O) groups excluding carboxylic acids is 2. The zero-order chi connectivity index (χ0) is 18.2. The second-order valence-electron chi connectivity index (χ2n) is 6.82. The molecule has 0 radical (unpaired) electrons. The summed E-state index contributed by atoms with van der Waals surface area (Å²) < 4.78 is 13.1. The van der Waals surface area contributed by atoms with Crippen LogP contribution in [0.15, 0.2) is 30.3 Å². The number of hydrogen-bond donors (Lipinski definition) is 0. The molecule has 0 fully saturated rings. The first-order valence-corrected chi connectivity index (χ1v) is 8.49. The van der Waals surface area contributed by atoms with Gasteiger partial charge in [0.25, 0.3) is 0 Å². The molecule has 0 N–H and O–H groups in total. The molecule has 0 bridgehead atoms. The minimum atomic E-state index is -0.358. The molecule has 2 aromatic rings. The van der Waals surface area contributed by atoms with Crippen LogP contribution in [-0.4, -0.2) is 29.6 Å². The molecule has 0 saturated heterocycles. The van der Waals surface area contributed by atoms with Gasteiger partial charge in [0.15, 0.2) is 6.29 Å². The van der Waals surface area contributed by atoms with Crippen LogP contribution >= 0.6 is 11.6 Å². The molecule has 1 aliphatic heterocycles. The lowest BCUT2D eigenvalue weighted by molar-refractivity contribution is -0.116. The van der Waals surface area contributed by atoms with Crippen LogP contribution in [0, 0.1) is 5.82 Å². The molecule has 25 heavy (non-hydrogen) atoms. The van der Waals surface area contributed by atoms with Crippen LogP contribution in [-0.2, 0) is 16.6 Å². The van der Waals surface area contributed by atoms with E-state index in [4.69, 9.17) is 11.6 Å². The number of aromatic nitrogens is 1. The van der Waals surface area contributed by atoms with Crippen LogP contribution in [0.3, 0.4) is 0 Å². The van der Waals surface area contributed by atoms with Crippen molar-refractivity contribution in [1.29, 1.82) is 0 Å². The van der Waals surface area contributed by atoms with Crippen LogP contribution < -0.4 is 4.90 Å². The minimum Gasteiger partial charge on any atom is -0.309 e. The molecule has 1 aliphatic rings. The highest BCUT2D eigenvalue weighted by Gasteiger charge is 2.39. The predicted molar refractivity (Wildman–Crippen MR) is 94.9 cm³/mol. The lowest BCUT2D eigenvalue weighted by Crippen LogP contribution is -2.34. The number of halogens is 2. The Morgan fingerprint density at radius 1 is 1.36 bits per heavy atom. The van der Waals surface area contributed by atoms with E-state index in [1.165, 1.54) is 12.1 Å². The third-order valence-electron chi connectivity index (χ3n) is 4.43. The van der Waals surface area contributed by atoms with Crippen molar-refractivity contribution in [1.82, 2.24) is 4.98 Å². The van der Waals surface area contributed by atoms with Crippen molar-refractivity contribution in [3.05, 3.63) is 58.7 Å². The number of rotatable bonds is 4. The Hall–Kier alpha value is -2.27. The number of alkyl halides is 1. The molecule has 1 aromatic heterocycles. The Balaban J connectivity index is 2.07. The van der Waals surface area contributed by atoms with Gasteiger partial charge in [-0.25, -0.2) is 9.37 Å². The van der Waals surface area contributed by atoms with Gasteiger partial charge in [0.2, 0.25) is 5.91 Å². The molecule has 1 aromatic carbocycles. The van der Waals surface area contributed by atoms with E-state index in [9.17, 15) is 14.0 Å². The lowest BCUT2D eigenvalue weighted by Gasteiger charge is -2.19. The van der Waals surface area contributed by atoms with Gasteiger partial charge in [-0.3, -0.25) is 9.59 Å². The lowest BCUT2D eigenvalue weighted by atomic mass is 9.90. The van der Waals surface area contributed by atoms with Gasteiger partial charge in [0.05, 0.1) is 11.4 Å². The molecule has 4 nitrogen and oxygen atoms in total. The summed E-state index contributed by atoms with van der Waals surface area (Å²) in [4.78, 5) is 29.9. The Bertz CT molecular complexity index is 834. The molecule has 0 saturated carbocycles. The van der Waals surface area contributed by atoms with Gasteiger partial charge >= 0.3 is 0 Å². The summed E-state index contributed by atoms with van der Waals surface area (Å²) >= 11 is 5.73. The first-order chi connectivity index (χ1) is 11.9. The summed E-state index contributed by atoms with van der Waals surface area (Å²) in [6.45, 7) is 4.43. The Morgan fingerprint density at radius 2 is 2.04 bits per heavy atom. The zero-order valence-corrected chi connectivity index (χ0v) is 14.8. The van der Waals surface area contributed by atoms with E-state index < -0.39 is 0 Å². The first-order valence-electron chi connectivity index (χ1n) is 7.96. The van der Waals surface area contributed by atoms with Crippen molar-refractivity contribution in [2.24, 2.45) is 0 Å². The van der Waals surface area contributed by atoms with Crippen molar-refractivity contribution >= 4 is 29.5 Å². The zero-order valence-electron chi connectivity index (χ0n) is 14.1. The molecule has 2 heterocycles. The molecule has 0 aliphatic carbocycles. The highest BCUT2D eigenvalue weighted by atomic mass is 35.5. The van der Waals surface area contributed by atoms with Crippen molar-refractivity contribution in [3.63, 3.8) is 0 Å². The Morgan fingerprint density at radius 3 is 2.64 bits per heavy atom. The smallest absolute Gasteiger partial charge is 0.241 e. The maximum absolute atomic E-state index is 13.1. The van der Waals surface area contributed by atoms with E-state index in [1.54, 1.807) is 17.0 Å². The number of anilines is 1.